The topological polar surface area (TPSA) is 38.7 Å². The molecule has 2 rings (SSSR count). The summed E-state index contributed by atoms with van der Waals surface area (Å²) in [4.78, 5) is 12.2. The molecule has 2 heterocycles. The Hall–Kier alpha value is -0.680. The van der Waals surface area contributed by atoms with Crippen LogP contribution in [0.2, 0.25) is 0 Å². The van der Waals surface area contributed by atoms with E-state index in [1.807, 2.05) is 6.26 Å². The number of rotatable bonds is 1. The molecule has 0 aliphatic carbocycles. The minimum Gasteiger partial charge on any atom is -0.228 e. The second-order valence-corrected chi connectivity index (χ2v) is 3.54. The van der Waals surface area contributed by atoms with Gasteiger partial charge in [0.2, 0.25) is 0 Å². The third-order valence-electron chi connectivity index (χ3n) is 1.29. The SMILES string of the molecule is CSc1ncnc2ncsc12. The molecule has 0 radical (unpaired) electrons. The highest BCUT2D eigenvalue weighted by atomic mass is 32.2. The molecule has 2 aromatic heterocycles. The third kappa shape index (κ3) is 1.10. The molecule has 0 bridgehead atoms. The molecule has 0 aliphatic heterocycles. The van der Waals surface area contributed by atoms with E-state index in [0.29, 0.717) is 0 Å². The zero-order chi connectivity index (χ0) is 7.68. The molecule has 5 heteroatoms. The van der Waals surface area contributed by atoms with E-state index in [4.69, 9.17) is 0 Å². The van der Waals surface area contributed by atoms with Gasteiger partial charge in [-0.15, -0.1) is 23.1 Å². The maximum atomic E-state index is 4.12. The van der Waals surface area contributed by atoms with E-state index in [2.05, 4.69) is 15.0 Å². The number of nitrogens with zero attached hydrogens (tertiary/aromatic N) is 3. The van der Waals surface area contributed by atoms with Crippen molar-refractivity contribution in [3.8, 4) is 0 Å². The molecular weight excluding hydrogens is 178 g/mol. The van der Waals surface area contributed by atoms with Crippen LogP contribution < -0.4 is 0 Å². The fraction of sp³-hybridized carbons (Fsp3) is 0.167. The number of thiazole rings is 1. The molecule has 0 N–H and O–H groups in total. The van der Waals surface area contributed by atoms with Gasteiger partial charge in [0.25, 0.3) is 0 Å². The van der Waals surface area contributed by atoms with Gasteiger partial charge in [-0.05, 0) is 6.26 Å². The Morgan fingerprint density at radius 2 is 2.27 bits per heavy atom. The fourth-order valence-electron chi connectivity index (χ4n) is 0.818. The van der Waals surface area contributed by atoms with Crippen LogP contribution in [0.3, 0.4) is 0 Å². The summed E-state index contributed by atoms with van der Waals surface area (Å²) in [6.07, 6.45) is 3.55. The highest BCUT2D eigenvalue weighted by molar-refractivity contribution is 7.98. The predicted molar refractivity (Wildman–Crippen MR) is 47.0 cm³/mol. The van der Waals surface area contributed by atoms with Gasteiger partial charge in [0.15, 0.2) is 5.65 Å². The first kappa shape index (κ1) is 7.00. The molecule has 0 atom stereocenters. The Kier molecular flexibility index (Phi) is 1.75. The lowest BCUT2D eigenvalue weighted by molar-refractivity contribution is 1.10. The van der Waals surface area contributed by atoms with Crippen LogP contribution in [0.25, 0.3) is 10.3 Å². The monoisotopic (exact) mass is 183 g/mol. The van der Waals surface area contributed by atoms with Crippen molar-refractivity contribution in [1.82, 2.24) is 15.0 Å². The van der Waals surface area contributed by atoms with Gasteiger partial charge in [0.05, 0.1) is 5.51 Å². The molecule has 0 aliphatic rings. The normalized spacial score (nSPS) is 10.6. The maximum absolute atomic E-state index is 4.12. The number of thioether (sulfide) groups is 1. The molecule has 2 aromatic rings. The summed E-state index contributed by atoms with van der Waals surface area (Å²) in [5, 5.41) is 1.01. The molecule has 0 saturated carbocycles. The van der Waals surface area contributed by atoms with Crippen LogP contribution >= 0.6 is 23.1 Å². The molecule has 3 nitrogen and oxygen atoms in total. The van der Waals surface area contributed by atoms with Crippen molar-refractivity contribution in [2.24, 2.45) is 0 Å². The van der Waals surface area contributed by atoms with Crippen molar-refractivity contribution in [3.05, 3.63) is 11.8 Å². The first-order valence-electron chi connectivity index (χ1n) is 3.00. The first-order chi connectivity index (χ1) is 5.42. The summed E-state index contributed by atoms with van der Waals surface area (Å²) in [6, 6.07) is 0. The van der Waals surface area contributed by atoms with E-state index in [-0.39, 0.29) is 0 Å². The van der Waals surface area contributed by atoms with Gasteiger partial charge in [0, 0.05) is 0 Å². The molecular formula is C6H5N3S2. The largest absolute Gasteiger partial charge is 0.228 e. The van der Waals surface area contributed by atoms with Gasteiger partial charge < -0.3 is 0 Å². The zero-order valence-corrected chi connectivity index (χ0v) is 7.45. The van der Waals surface area contributed by atoms with E-state index < -0.39 is 0 Å². The molecule has 0 fully saturated rings. The zero-order valence-electron chi connectivity index (χ0n) is 5.81. The Morgan fingerprint density at radius 1 is 1.36 bits per heavy atom. The average Bonchev–Trinajstić information content (AvgIpc) is 2.50. The van der Waals surface area contributed by atoms with Crippen LogP contribution in [0, 0.1) is 0 Å². The van der Waals surface area contributed by atoms with Crippen LogP contribution in [0.5, 0.6) is 0 Å². The lowest BCUT2D eigenvalue weighted by atomic mass is 10.6. The van der Waals surface area contributed by atoms with Crippen LogP contribution in [-0.4, -0.2) is 21.2 Å². The van der Waals surface area contributed by atoms with Crippen molar-refractivity contribution in [3.63, 3.8) is 0 Å². The fourth-order valence-corrected chi connectivity index (χ4v) is 2.26. The van der Waals surface area contributed by atoms with Crippen molar-refractivity contribution in [1.29, 1.82) is 0 Å². The standard InChI is InChI=1S/C6H5N3S2/c1-10-6-4-5(7-2-8-6)9-3-11-4/h2-3H,1H3. The number of aromatic nitrogens is 3. The molecule has 0 unspecified atom stereocenters. The lowest BCUT2D eigenvalue weighted by Crippen LogP contribution is -1.81. The van der Waals surface area contributed by atoms with Crippen LogP contribution in [-0.2, 0) is 0 Å². The third-order valence-corrected chi connectivity index (χ3v) is 2.94. The van der Waals surface area contributed by atoms with Crippen LogP contribution in [0.4, 0.5) is 0 Å². The van der Waals surface area contributed by atoms with E-state index >= 15 is 0 Å². The minimum atomic E-state index is 0.800. The predicted octanol–water partition coefficient (Wildman–Crippen LogP) is 1.81. The highest BCUT2D eigenvalue weighted by Gasteiger charge is 2.03. The lowest BCUT2D eigenvalue weighted by Gasteiger charge is -1.92. The molecule has 0 spiro atoms. The quantitative estimate of drug-likeness (QED) is 0.499. The van der Waals surface area contributed by atoms with E-state index in [1.165, 1.54) is 0 Å². The van der Waals surface area contributed by atoms with E-state index in [1.54, 1.807) is 34.9 Å². The van der Waals surface area contributed by atoms with E-state index in [0.717, 1.165) is 15.4 Å². The Labute approximate surface area is 71.9 Å². The number of hydrogen-bond donors (Lipinski definition) is 0. The summed E-state index contributed by atoms with van der Waals surface area (Å²) < 4.78 is 1.08. The van der Waals surface area contributed by atoms with Crippen LogP contribution in [0.1, 0.15) is 0 Å². The Morgan fingerprint density at radius 3 is 3.09 bits per heavy atom. The average molecular weight is 183 g/mol. The summed E-state index contributed by atoms with van der Waals surface area (Å²) >= 11 is 3.20. The number of fused-ring (bicyclic) bond motifs is 1. The van der Waals surface area contributed by atoms with Gasteiger partial charge in [-0.3, -0.25) is 0 Å². The second kappa shape index (κ2) is 2.75. The Bertz CT molecular complexity index is 371. The van der Waals surface area contributed by atoms with Gasteiger partial charge >= 0.3 is 0 Å². The Balaban J connectivity index is 2.79. The summed E-state index contributed by atoms with van der Waals surface area (Å²) in [7, 11) is 0. The highest BCUT2D eigenvalue weighted by Crippen LogP contribution is 2.24. The van der Waals surface area contributed by atoms with Gasteiger partial charge in [-0.1, -0.05) is 0 Å². The van der Waals surface area contributed by atoms with Crippen molar-refractivity contribution in [2.45, 2.75) is 5.03 Å². The smallest absolute Gasteiger partial charge is 0.174 e. The van der Waals surface area contributed by atoms with Gasteiger partial charge in [-0.2, -0.15) is 0 Å². The summed E-state index contributed by atoms with van der Waals surface area (Å²) in [5.74, 6) is 0. The summed E-state index contributed by atoms with van der Waals surface area (Å²) in [5.41, 5.74) is 2.59. The molecule has 0 saturated heterocycles. The minimum absolute atomic E-state index is 0.800. The maximum Gasteiger partial charge on any atom is 0.174 e. The van der Waals surface area contributed by atoms with Crippen molar-refractivity contribution in [2.75, 3.05) is 6.26 Å². The molecule has 0 aromatic carbocycles. The van der Waals surface area contributed by atoms with Crippen molar-refractivity contribution >= 4 is 33.4 Å². The molecule has 0 amide bonds. The molecule has 56 valence electrons. The number of hydrogen-bond acceptors (Lipinski definition) is 5. The van der Waals surface area contributed by atoms with E-state index in [9.17, 15) is 0 Å². The van der Waals surface area contributed by atoms with Crippen molar-refractivity contribution < 1.29 is 0 Å². The summed E-state index contributed by atoms with van der Waals surface area (Å²) in [6.45, 7) is 0. The first-order valence-corrected chi connectivity index (χ1v) is 5.10. The van der Waals surface area contributed by atoms with Crippen LogP contribution in [0.15, 0.2) is 16.9 Å². The molecule has 11 heavy (non-hydrogen) atoms. The van der Waals surface area contributed by atoms with Gasteiger partial charge in [0.1, 0.15) is 16.1 Å². The second-order valence-electron chi connectivity index (χ2n) is 1.89. The van der Waals surface area contributed by atoms with Gasteiger partial charge in [-0.25, -0.2) is 15.0 Å².